The molecule has 0 aliphatic rings. The van der Waals surface area contributed by atoms with Crippen molar-refractivity contribution >= 4 is 79.4 Å². The molecule has 29 heavy (non-hydrogen) atoms. The van der Waals surface area contributed by atoms with Crippen LogP contribution in [0.2, 0.25) is 5.02 Å². The van der Waals surface area contributed by atoms with Gasteiger partial charge in [0.05, 0.1) is 5.41 Å². The zero-order valence-electron chi connectivity index (χ0n) is 15.2. The van der Waals surface area contributed by atoms with E-state index in [0.29, 0.717) is 0 Å². The third-order valence-corrected chi connectivity index (χ3v) is 7.52. The minimum absolute atomic E-state index is 0.427. The molecule has 0 N–H and O–H groups in total. The van der Waals surface area contributed by atoms with E-state index in [2.05, 4.69) is 153 Å². The molecule has 0 fully saturated rings. The highest BCUT2D eigenvalue weighted by atomic mass is 127. The molecule has 0 amide bonds. The summed E-state index contributed by atoms with van der Waals surface area (Å²) in [6.07, 6.45) is 0. The highest BCUT2D eigenvalue weighted by molar-refractivity contribution is 14.1. The Morgan fingerprint density at radius 2 is 0.655 bits per heavy atom. The first kappa shape index (κ1) is 21.6. The van der Waals surface area contributed by atoms with E-state index >= 15 is 0 Å². The highest BCUT2D eigenvalue weighted by Gasteiger charge is 2.38. The first-order valence-corrected chi connectivity index (χ1v) is 12.7. The van der Waals surface area contributed by atoms with Crippen LogP contribution < -0.4 is 0 Å². The molecule has 4 aromatic rings. The fraction of sp³-hybridized carbons (Fsp3) is 0.0400. The molecule has 0 nitrogen and oxygen atoms in total. The molecule has 4 heteroatoms. The van der Waals surface area contributed by atoms with Gasteiger partial charge in [-0.1, -0.05) is 60.1 Å². The summed E-state index contributed by atoms with van der Waals surface area (Å²) in [4.78, 5) is 0. The summed E-state index contributed by atoms with van der Waals surface area (Å²) in [6.45, 7) is 0. The molecule has 0 aliphatic carbocycles. The maximum Gasteiger partial charge on any atom is 0.0701 e. The second-order valence-corrected chi connectivity index (χ2v) is 11.0. The van der Waals surface area contributed by atoms with Crippen molar-refractivity contribution in [2.24, 2.45) is 0 Å². The second-order valence-electron chi connectivity index (χ2n) is 6.78. The van der Waals surface area contributed by atoms with Crippen molar-refractivity contribution in [3.63, 3.8) is 0 Å². The predicted octanol–water partition coefficient (Wildman–Crippen LogP) is 8.54. The van der Waals surface area contributed by atoms with Crippen LogP contribution in [0, 0.1) is 10.7 Å². The van der Waals surface area contributed by atoms with E-state index in [0.717, 1.165) is 5.02 Å². The molecule has 0 aliphatic heterocycles. The fourth-order valence-electron chi connectivity index (χ4n) is 3.80. The van der Waals surface area contributed by atoms with Gasteiger partial charge >= 0.3 is 0 Å². The van der Waals surface area contributed by atoms with E-state index < -0.39 is 5.41 Å². The summed E-state index contributed by atoms with van der Waals surface area (Å²) in [5.74, 6) is 0. The molecule has 0 aromatic heterocycles. The van der Waals surface area contributed by atoms with E-state index in [1.54, 1.807) is 0 Å². The topological polar surface area (TPSA) is 0 Å². The fourth-order valence-corrected chi connectivity index (χ4v) is 5.00. The smallest absolute Gasteiger partial charge is 0.0701 e. The van der Waals surface area contributed by atoms with Crippen LogP contribution in [0.3, 0.4) is 0 Å². The molecule has 0 spiro atoms. The Morgan fingerprint density at radius 1 is 0.414 bits per heavy atom. The second kappa shape index (κ2) is 9.24. The van der Waals surface area contributed by atoms with Gasteiger partial charge in [0, 0.05) is 15.7 Å². The summed E-state index contributed by atoms with van der Waals surface area (Å²) >= 11 is 13.3. The lowest BCUT2D eigenvalue weighted by Gasteiger charge is -2.37. The molecule has 4 aromatic carbocycles. The van der Waals surface area contributed by atoms with Gasteiger partial charge in [0.25, 0.3) is 0 Å². The maximum absolute atomic E-state index is 6.26. The number of halogens is 4. The Balaban J connectivity index is 2.11. The van der Waals surface area contributed by atoms with Gasteiger partial charge in [-0.05, 0) is 139 Å². The van der Waals surface area contributed by atoms with Gasteiger partial charge in [-0.15, -0.1) is 0 Å². The minimum atomic E-state index is -0.427. The molecule has 0 saturated carbocycles. The molecule has 144 valence electrons. The monoisotopic (exact) mass is 732 g/mol. The summed E-state index contributed by atoms with van der Waals surface area (Å²) in [5, 5.41) is 0.746. The first-order valence-electron chi connectivity index (χ1n) is 9.04. The number of benzene rings is 4. The molecule has 0 saturated heterocycles. The average molecular weight is 733 g/mol. The average Bonchev–Trinajstić information content (AvgIpc) is 2.73. The Bertz CT molecular complexity index is 913. The van der Waals surface area contributed by atoms with Crippen molar-refractivity contribution in [1.82, 2.24) is 0 Å². The van der Waals surface area contributed by atoms with Gasteiger partial charge in [-0.2, -0.15) is 0 Å². The Morgan fingerprint density at radius 3 is 0.931 bits per heavy atom. The zero-order valence-corrected chi connectivity index (χ0v) is 22.5. The Hall–Kier alpha value is -0.640. The van der Waals surface area contributed by atoms with Crippen LogP contribution in [0.25, 0.3) is 0 Å². The number of rotatable bonds is 4. The lowest BCUT2D eigenvalue weighted by molar-refractivity contribution is 0.744. The van der Waals surface area contributed by atoms with Crippen molar-refractivity contribution in [2.75, 3.05) is 0 Å². The lowest BCUT2D eigenvalue weighted by Crippen LogP contribution is -2.31. The quantitative estimate of drug-likeness (QED) is 0.146. The van der Waals surface area contributed by atoms with Crippen LogP contribution in [0.1, 0.15) is 22.3 Å². The molecule has 0 unspecified atom stereocenters. The van der Waals surface area contributed by atoms with Crippen molar-refractivity contribution in [3.05, 3.63) is 135 Å². The summed E-state index contributed by atoms with van der Waals surface area (Å²) in [7, 11) is 0. The van der Waals surface area contributed by atoms with Gasteiger partial charge in [0.2, 0.25) is 0 Å². The van der Waals surface area contributed by atoms with Gasteiger partial charge in [-0.3, -0.25) is 0 Å². The number of hydrogen-bond donors (Lipinski definition) is 0. The molecule has 0 atom stereocenters. The van der Waals surface area contributed by atoms with Gasteiger partial charge in [0.15, 0.2) is 0 Å². The minimum Gasteiger partial charge on any atom is -0.0843 e. The lowest BCUT2D eigenvalue weighted by atomic mass is 9.65. The van der Waals surface area contributed by atoms with E-state index in [-0.39, 0.29) is 0 Å². The SMILES string of the molecule is Clc1ccc(C(c2ccc(I)cc2)(c2ccc(I)cc2)c2ccc(I)cc2)cc1. The van der Waals surface area contributed by atoms with E-state index in [1.807, 2.05) is 12.1 Å². The van der Waals surface area contributed by atoms with Crippen LogP contribution in [-0.2, 0) is 5.41 Å². The summed E-state index contributed by atoms with van der Waals surface area (Å²) < 4.78 is 3.67. The molecule has 0 radical (unpaired) electrons. The molecule has 0 bridgehead atoms. The van der Waals surface area contributed by atoms with Crippen LogP contribution >= 0.6 is 79.4 Å². The third-order valence-electron chi connectivity index (χ3n) is 5.11. The first-order chi connectivity index (χ1) is 14.0. The van der Waals surface area contributed by atoms with Crippen LogP contribution in [0.5, 0.6) is 0 Å². The van der Waals surface area contributed by atoms with Crippen molar-refractivity contribution < 1.29 is 0 Å². The number of hydrogen-bond acceptors (Lipinski definition) is 0. The molecule has 0 heterocycles. The molecule has 4 rings (SSSR count). The van der Waals surface area contributed by atoms with Crippen LogP contribution in [0.4, 0.5) is 0 Å². The zero-order chi connectivity index (χ0) is 20.4. The third kappa shape index (κ3) is 4.38. The van der Waals surface area contributed by atoms with E-state index in [4.69, 9.17) is 11.6 Å². The predicted molar refractivity (Wildman–Crippen MR) is 148 cm³/mol. The Kier molecular flexibility index (Phi) is 6.88. The van der Waals surface area contributed by atoms with Crippen molar-refractivity contribution in [2.45, 2.75) is 5.41 Å². The summed E-state index contributed by atoms with van der Waals surface area (Å²) in [6, 6.07) is 34.8. The maximum atomic E-state index is 6.26. The van der Waals surface area contributed by atoms with Crippen molar-refractivity contribution in [1.29, 1.82) is 0 Å². The van der Waals surface area contributed by atoms with Gasteiger partial charge in [-0.25, -0.2) is 0 Å². The van der Waals surface area contributed by atoms with Gasteiger partial charge < -0.3 is 0 Å². The molecular formula is C25H16ClI3. The molecular weight excluding hydrogens is 716 g/mol. The van der Waals surface area contributed by atoms with Gasteiger partial charge in [0.1, 0.15) is 0 Å². The largest absolute Gasteiger partial charge is 0.0843 e. The Labute approximate surface area is 217 Å². The van der Waals surface area contributed by atoms with Crippen LogP contribution in [0.15, 0.2) is 97.1 Å². The standard InChI is InChI=1S/C25H16ClI3/c26-21-9-1-17(2-10-21)25(18-3-11-22(27)12-4-18,19-5-13-23(28)14-6-19)20-7-15-24(29)16-8-20/h1-16H. The summed E-state index contributed by atoms with van der Waals surface area (Å²) in [5.41, 5.74) is 4.49. The van der Waals surface area contributed by atoms with E-state index in [9.17, 15) is 0 Å². The van der Waals surface area contributed by atoms with Crippen molar-refractivity contribution in [3.8, 4) is 0 Å². The van der Waals surface area contributed by atoms with Crippen LogP contribution in [-0.4, -0.2) is 0 Å². The highest BCUT2D eigenvalue weighted by Crippen LogP contribution is 2.45. The van der Waals surface area contributed by atoms with E-state index in [1.165, 1.54) is 33.0 Å². The normalized spacial score (nSPS) is 11.4.